The van der Waals surface area contributed by atoms with Crippen LogP contribution in [-0.4, -0.2) is 5.51 Å². The fraction of sp³-hybridized carbons (Fsp3) is 0.222. The van der Waals surface area contributed by atoms with Gasteiger partial charge in [0.2, 0.25) is 0 Å². The van der Waals surface area contributed by atoms with Gasteiger partial charge in [-0.2, -0.15) is 13.2 Å². The first-order chi connectivity index (χ1) is 6.38. The average molecular weight is 223 g/mol. The number of halogens is 4. The molecule has 0 spiro atoms. The molecule has 0 heterocycles. The zero-order valence-corrected chi connectivity index (χ0v) is 7.83. The lowest BCUT2D eigenvalue weighted by molar-refractivity contribution is -0.0328. The van der Waals surface area contributed by atoms with Crippen LogP contribution >= 0.6 is 11.8 Å². The second-order valence-electron chi connectivity index (χ2n) is 2.58. The average Bonchev–Trinajstić information content (AvgIpc) is 2.02. The number of hydrogen-bond acceptors (Lipinski definition) is 1. The van der Waals surface area contributed by atoms with E-state index in [0.29, 0.717) is 0 Å². The summed E-state index contributed by atoms with van der Waals surface area (Å²) >= 11 is -0.222. The normalized spacial score (nSPS) is 14.1. The van der Waals surface area contributed by atoms with Crippen LogP contribution < -0.4 is 0 Å². The van der Waals surface area contributed by atoms with Gasteiger partial charge in [-0.1, -0.05) is 12.1 Å². The van der Waals surface area contributed by atoms with Crippen molar-refractivity contribution in [1.29, 1.82) is 0 Å². The molecule has 0 amide bonds. The van der Waals surface area contributed by atoms with Crippen LogP contribution in [0.2, 0.25) is 0 Å². The summed E-state index contributed by atoms with van der Waals surface area (Å²) in [5.74, 6) is 0. The Hall–Kier alpha value is -0.710. The Morgan fingerprint density at radius 2 is 1.64 bits per heavy atom. The van der Waals surface area contributed by atoms with Gasteiger partial charge in [-0.05, 0) is 36.4 Å². The quantitative estimate of drug-likeness (QED) is 0.536. The number of hydrogen-bond donors (Lipinski definition) is 0. The minimum absolute atomic E-state index is 0.0434. The number of benzene rings is 1. The third-order valence-electron chi connectivity index (χ3n) is 1.48. The van der Waals surface area contributed by atoms with E-state index in [1.165, 1.54) is 24.3 Å². The Labute approximate surface area is 83.3 Å². The van der Waals surface area contributed by atoms with E-state index in [9.17, 15) is 17.6 Å². The molecule has 1 atom stereocenters. The molecule has 14 heavy (non-hydrogen) atoms. The van der Waals surface area contributed by atoms with Crippen LogP contribution in [-0.2, 0) is 0 Å². The second kappa shape index (κ2) is 4.21. The molecule has 5 heteroatoms. The zero-order valence-electron chi connectivity index (χ0n) is 7.01. The highest BCUT2D eigenvalue weighted by atomic mass is 32.2. The molecule has 0 saturated carbocycles. The van der Waals surface area contributed by atoms with Crippen molar-refractivity contribution in [1.82, 2.24) is 0 Å². The fourth-order valence-corrected chi connectivity index (χ4v) is 1.42. The molecule has 1 radical (unpaired) electrons. The summed E-state index contributed by atoms with van der Waals surface area (Å²) in [4.78, 5) is 0.0434. The van der Waals surface area contributed by atoms with Crippen LogP contribution in [0.3, 0.4) is 0 Å². The van der Waals surface area contributed by atoms with Crippen molar-refractivity contribution in [3.8, 4) is 0 Å². The van der Waals surface area contributed by atoms with E-state index in [2.05, 4.69) is 6.92 Å². The van der Waals surface area contributed by atoms with Crippen molar-refractivity contribution in [2.75, 3.05) is 0 Å². The smallest absolute Gasteiger partial charge is 0.242 e. The molecule has 0 aliphatic rings. The molecule has 1 rings (SSSR count). The summed E-state index contributed by atoms with van der Waals surface area (Å²) < 4.78 is 48.2. The van der Waals surface area contributed by atoms with Gasteiger partial charge in [0, 0.05) is 4.90 Å². The molecule has 0 aromatic heterocycles. The van der Waals surface area contributed by atoms with Gasteiger partial charge in [0.1, 0.15) is 6.17 Å². The molecule has 0 saturated heterocycles. The lowest BCUT2D eigenvalue weighted by Gasteiger charge is -2.06. The molecule has 1 unspecified atom stereocenters. The molecule has 1 aromatic rings. The Kier molecular flexibility index (Phi) is 3.42. The lowest BCUT2D eigenvalue weighted by Crippen LogP contribution is -1.98. The van der Waals surface area contributed by atoms with Gasteiger partial charge in [-0.25, -0.2) is 4.39 Å². The molecular formula is C9H7F4S. The molecule has 77 valence electrons. The maximum Gasteiger partial charge on any atom is 0.446 e. The highest BCUT2D eigenvalue weighted by Gasteiger charge is 2.29. The van der Waals surface area contributed by atoms with Crippen molar-refractivity contribution in [2.45, 2.75) is 16.6 Å². The topological polar surface area (TPSA) is 0 Å². The molecule has 1 aromatic carbocycles. The third kappa shape index (κ3) is 3.57. The van der Waals surface area contributed by atoms with Crippen LogP contribution in [0, 0.1) is 6.92 Å². The molecule has 0 aliphatic carbocycles. The van der Waals surface area contributed by atoms with E-state index in [-0.39, 0.29) is 22.2 Å². The summed E-state index contributed by atoms with van der Waals surface area (Å²) in [5.41, 5.74) is -4.03. The predicted molar refractivity (Wildman–Crippen MR) is 47.6 cm³/mol. The van der Waals surface area contributed by atoms with Crippen molar-refractivity contribution in [3.63, 3.8) is 0 Å². The van der Waals surface area contributed by atoms with E-state index in [0.717, 1.165) is 0 Å². The summed E-state index contributed by atoms with van der Waals surface area (Å²) in [6, 6.07) is 5.05. The molecule has 0 N–H and O–H groups in total. The number of thioether (sulfide) groups is 1. The van der Waals surface area contributed by atoms with Gasteiger partial charge in [0.15, 0.2) is 0 Å². The first-order valence-electron chi connectivity index (χ1n) is 3.71. The Morgan fingerprint density at radius 1 is 1.14 bits per heavy atom. The van der Waals surface area contributed by atoms with Gasteiger partial charge in [-0.3, -0.25) is 0 Å². The Balaban J connectivity index is 2.74. The van der Waals surface area contributed by atoms with Crippen LogP contribution in [0.25, 0.3) is 0 Å². The standard InChI is InChI=1S/C9H7F4S/c1-6(10)7-2-4-8(5-3-7)14-9(11,12)13/h2-6H,1H2. The van der Waals surface area contributed by atoms with E-state index >= 15 is 0 Å². The number of alkyl halides is 4. The first-order valence-corrected chi connectivity index (χ1v) is 4.53. The highest BCUT2D eigenvalue weighted by Crippen LogP contribution is 2.37. The van der Waals surface area contributed by atoms with Gasteiger partial charge < -0.3 is 0 Å². The van der Waals surface area contributed by atoms with E-state index in [1.54, 1.807) is 0 Å². The Morgan fingerprint density at radius 3 is 2.00 bits per heavy atom. The number of rotatable bonds is 2. The van der Waals surface area contributed by atoms with Crippen LogP contribution in [0.4, 0.5) is 17.6 Å². The van der Waals surface area contributed by atoms with Gasteiger partial charge in [-0.15, -0.1) is 0 Å². The summed E-state index contributed by atoms with van der Waals surface area (Å²) in [6.07, 6.45) is -1.40. The van der Waals surface area contributed by atoms with Crippen molar-refractivity contribution < 1.29 is 17.6 Å². The predicted octanol–water partition coefficient (Wildman–Crippen LogP) is 4.14. The third-order valence-corrected chi connectivity index (χ3v) is 2.21. The molecule has 0 aliphatic heterocycles. The lowest BCUT2D eigenvalue weighted by atomic mass is 10.1. The highest BCUT2D eigenvalue weighted by molar-refractivity contribution is 8.00. The summed E-state index contributed by atoms with van der Waals surface area (Å²) in [6.45, 7) is 3.12. The van der Waals surface area contributed by atoms with Crippen molar-refractivity contribution >= 4 is 11.8 Å². The minimum atomic E-state index is -4.30. The molecule has 0 fully saturated rings. The van der Waals surface area contributed by atoms with E-state index in [4.69, 9.17) is 0 Å². The van der Waals surface area contributed by atoms with E-state index in [1.807, 2.05) is 0 Å². The molecular weight excluding hydrogens is 216 g/mol. The Bertz CT molecular complexity index is 289. The maximum absolute atomic E-state index is 12.6. The SMILES string of the molecule is [CH2]C(F)c1ccc(SC(F)(F)F)cc1. The molecule has 0 bridgehead atoms. The van der Waals surface area contributed by atoms with E-state index < -0.39 is 11.7 Å². The fourth-order valence-electron chi connectivity index (χ4n) is 0.878. The second-order valence-corrected chi connectivity index (χ2v) is 3.72. The summed E-state index contributed by atoms with van der Waals surface area (Å²) in [5, 5.41) is 0. The van der Waals surface area contributed by atoms with Crippen LogP contribution in [0.5, 0.6) is 0 Å². The van der Waals surface area contributed by atoms with Gasteiger partial charge in [0.25, 0.3) is 0 Å². The zero-order chi connectivity index (χ0) is 10.8. The molecule has 0 nitrogen and oxygen atoms in total. The van der Waals surface area contributed by atoms with Crippen molar-refractivity contribution in [2.24, 2.45) is 0 Å². The first kappa shape index (κ1) is 11.4. The summed E-state index contributed by atoms with van der Waals surface area (Å²) in [7, 11) is 0. The van der Waals surface area contributed by atoms with Crippen molar-refractivity contribution in [3.05, 3.63) is 36.8 Å². The van der Waals surface area contributed by atoms with Gasteiger partial charge in [0.05, 0.1) is 0 Å². The maximum atomic E-state index is 12.6. The van der Waals surface area contributed by atoms with Crippen LogP contribution in [0.1, 0.15) is 11.7 Å². The largest absolute Gasteiger partial charge is 0.446 e. The van der Waals surface area contributed by atoms with Crippen LogP contribution in [0.15, 0.2) is 29.2 Å². The monoisotopic (exact) mass is 223 g/mol. The minimum Gasteiger partial charge on any atom is -0.242 e. The van der Waals surface area contributed by atoms with Gasteiger partial charge >= 0.3 is 5.51 Å².